The number of hydrogen-bond acceptors (Lipinski definition) is 2. The fourth-order valence-corrected chi connectivity index (χ4v) is 3.06. The van der Waals surface area contributed by atoms with E-state index in [1.807, 2.05) is 6.08 Å². The van der Waals surface area contributed by atoms with Crippen molar-refractivity contribution < 1.29 is 9.53 Å². The minimum atomic E-state index is 0.0191. The van der Waals surface area contributed by atoms with Gasteiger partial charge in [0.25, 0.3) is 0 Å². The van der Waals surface area contributed by atoms with Gasteiger partial charge in [-0.2, -0.15) is 0 Å². The van der Waals surface area contributed by atoms with Gasteiger partial charge in [0, 0.05) is 0 Å². The lowest BCUT2D eigenvalue weighted by atomic mass is 9.78. The Balaban J connectivity index is 2.35. The summed E-state index contributed by atoms with van der Waals surface area (Å²) in [5.41, 5.74) is 0. The number of carbonyl (C=O) groups is 1. The standard InChI is InChI=1S/C16H28O2/c1-3-4-5-6-10-13-15(16(17)18-2)14-11-8-7-9-12-14/h3,14-15H,1,4-13H2,2H3. The third-order valence-electron chi connectivity index (χ3n) is 4.15. The summed E-state index contributed by atoms with van der Waals surface area (Å²) in [6, 6.07) is 0. The maximum atomic E-state index is 11.9. The van der Waals surface area contributed by atoms with E-state index in [-0.39, 0.29) is 11.9 Å². The van der Waals surface area contributed by atoms with E-state index in [4.69, 9.17) is 4.74 Å². The van der Waals surface area contributed by atoms with Crippen LogP contribution in [-0.4, -0.2) is 13.1 Å². The predicted molar refractivity (Wildman–Crippen MR) is 75.4 cm³/mol. The molecule has 1 aliphatic rings. The largest absolute Gasteiger partial charge is 0.469 e. The van der Waals surface area contributed by atoms with Crippen LogP contribution in [0.4, 0.5) is 0 Å². The van der Waals surface area contributed by atoms with E-state index in [0.717, 1.165) is 19.3 Å². The van der Waals surface area contributed by atoms with Crippen LogP contribution >= 0.6 is 0 Å². The molecule has 2 nitrogen and oxygen atoms in total. The number of carbonyl (C=O) groups excluding carboxylic acids is 1. The zero-order valence-electron chi connectivity index (χ0n) is 11.8. The first kappa shape index (κ1) is 15.3. The summed E-state index contributed by atoms with van der Waals surface area (Å²) >= 11 is 0. The molecule has 1 aliphatic carbocycles. The van der Waals surface area contributed by atoms with E-state index in [9.17, 15) is 4.79 Å². The number of methoxy groups -OCH3 is 1. The second-order valence-corrected chi connectivity index (χ2v) is 5.45. The normalized spacial score (nSPS) is 18.3. The Labute approximate surface area is 112 Å². The van der Waals surface area contributed by atoms with E-state index in [0.29, 0.717) is 5.92 Å². The van der Waals surface area contributed by atoms with Crippen LogP contribution in [0.5, 0.6) is 0 Å². The molecule has 104 valence electrons. The lowest BCUT2D eigenvalue weighted by Gasteiger charge is -2.28. The molecule has 0 N–H and O–H groups in total. The van der Waals surface area contributed by atoms with Crippen LogP contribution in [0.25, 0.3) is 0 Å². The van der Waals surface area contributed by atoms with Crippen LogP contribution < -0.4 is 0 Å². The molecule has 0 aromatic rings. The summed E-state index contributed by atoms with van der Waals surface area (Å²) in [4.78, 5) is 11.9. The van der Waals surface area contributed by atoms with E-state index < -0.39 is 0 Å². The van der Waals surface area contributed by atoms with E-state index in [1.54, 1.807) is 0 Å². The van der Waals surface area contributed by atoms with Gasteiger partial charge >= 0.3 is 5.97 Å². The molecular weight excluding hydrogens is 224 g/mol. The molecule has 2 heteroatoms. The summed E-state index contributed by atoms with van der Waals surface area (Å²) in [7, 11) is 1.52. The third kappa shape index (κ3) is 5.24. The number of ether oxygens (including phenoxy) is 1. The van der Waals surface area contributed by atoms with Crippen molar-refractivity contribution in [3.63, 3.8) is 0 Å². The van der Waals surface area contributed by atoms with E-state index in [1.165, 1.54) is 52.1 Å². The summed E-state index contributed by atoms with van der Waals surface area (Å²) < 4.78 is 4.99. The van der Waals surface area contributed by atoms with Crippen molar-refractivity contribution in [1.29, 1.82) is 0 Å². The van der Waals surface area contributed by atoms with Gasteiger partial charge < -0.3 is 4.74 Å². The van der Waals surface area contributed by atoms with Crippen molar-refractivity contribution in [3.05, 3.63) is 12.7 Å². The SMILES string of the molecule is C=CCCCCCC(C(=O)OC)C1CCCCC1. The second-order valence-electron chi connectivity index (χ2n) is 5.45. The Hall–Kier alpha value is -0.790. The zero-order valence-corrected chi connectivity index (χ0v) is 11.8. The Kier molecular flexibility index (Phi) is 7.79. The first-order valence-electron chi connectivity index (χ1n) is 7.48. The number of allylic oxidation sites excluding steroid dienone is 1. The number of hydrogen-bond donors (Lipinski definition) is 0. The van der Waals surface area contributed by atoms with Gasteiger partial charge in [0.2, 0.25) is 0 Å². The molecule has 0 aromatic carbocycles. The van der Waals surface area contributed by atoms with Crippen molar-refractivity contribution in [3.8, 4) is 0 Å². The molecule has 18 heavy (non-hydrogen) atoms. The zero-order chi connectivity index (χ0) is 13.2. The minimum absolute atomic E-state index is 0.0191. The maximum absolute atomic E-state index is 11.9. The van der Waals surface area contributed by atoms with E-state index >= 15 is 0 Å². The predicted octanol–water partition coefficient (Wildman–Crippen LogP) is 4.49. The molecule has 0 aliphatic heterocycles. The lowest BCUT2D eigenvalue weighted by Crippen LogP contribution is -2.26. The summed E-state index contributed by atoms with van der Waals surface area (Å²) in [5, 5.41) is 0. The van der Waals surface area contributed by atoms with Crippen molar-refractivity contribution >= 4 is 5.97 Å². The fourth-order valence-electron chi connectivity index (χ4n) is 3.06. The molecule has 1 saturated carbocycles. The van der Waals surface area contributed by atoms with Gasteiger partial charge in [0.05, 0.1) is 13.0 Å². The van der Waals surface area contributed by atoms with Gasteiger partial charge in [-0.25, -0.2) is 0 Å². The van der Waals surface area contributed by atoms with Gasteiger partial charge in [-0.15, -0.1) is 6.58 Å². The van der Waals surface area contributed by atoms with Crippen LogP contribution in [0.2, 0.25) is 0 Å². The molecule has 0 aromatic heterocycles. The third-order valence-corrected chi connectivity index (χ3v) is 4.15. The highest BCUT2D eigenvalue weighted by Crippen LogP contribution is 2.33. The van der Waals surface area contributed by atoms with Crippen LogP contribution in [0.1, 0.15) is 64.2 Å². The first-order chi connectivity index (χ1) is 8.79. The van der Waals surface area contributed by atoms with Gasteiger partial charge in [-0.1, -0.05) is 38.2 Å². The molecule has 1 atom stereocenters. The monoisotopic (exact) mass is 252 g/mol. The lowest BCUT2D eigenvalue weighted by molar-refractivity contribution is -0.148. The molecular formula is C16H28O2. The van der Waals surface area contributed by atoms with Crippen LogP contribution in [-0.2, 0) is 9.53 Å². The van der Waals surface area contributed by atoms with Crippen LogP contribution in [0, 0.1) is 11.8 Å². The molecule has 0 spiro atoms. The molecule has 0 saturated heterocycles. The highest BCUT2D eigenvalue weighted by Gasteiger charge is 2.29. The maximum Gasteiger partial charge on any atom is 0.308 e. The Morgan fingerprint density at radius 3 is 2.61 bits per heavy atom. The van der Waals surface area contributed by atoms with Crippen molar-refractivity contribution in [2.24, 2.45) is 11.8 Å². The van der Waals surface area contributed by atoms with E-state index in [2.05, 4.69) is 6.58 Å². The Bertz CT molecular complexity index is 241. The number of esters is 1. The molecule has 1 fully saturated rings. The van der Waals surface area contributed by atoms with Gasteiger partial charge in [0.1, 0.15) is 0 Å². The second kappa shape index (κ2) is 9.18. The van der Waals surface area contributed by atoms with Crippen LogP contribution in [0.3, 0.4) is 0 Å². The van der Waals surface area contributed by atoms with Crippen molar-refractivity contribution in [1.82, 2.24) is 0 Å². The first-order valence-corrected chi connectivity index (χ1v) is 7.48. The molecule has 1 rings (SSSR count). The van der Waals surface area contributed by atoms with Gasteiger partial charge in [-0.05, 0) is 38.0 Å². The highest BCUT2D eigenvalue weighted by atomic mass is 16.5. The molecule has 0 amide bonds. The van der Waals surface area contributed by atoms with Crippen molar-refractivity contribution in [2.75, 3.05) is 7.11 Å². The molecule has 0 radical (unpaired) electrons. The molecule has 0 heterocycles. The fraction of sp³-hybridized carbons (Fsp3) is 0.812. The average Bonchev–Trinajstić information content (AvgIpc) is 2.43. The topological polar surface area (TPSA) is 26.3 Å². The van der Waals surface area contributed by atoms with Gasteiger partial charge in [-0.3, -0.25) is 4.79 Å². The number of unbranched alkanes of at least 4 members (excludes halogenated alkanes) is 3. The quantitative estimate of drug-likeness (QED) is 0.361. The summed E-state index contributed by atoms with van der Waals surface area (Å²) in [5.74, 6) is 0.746. The summed E-state index contributed by atoms with van der Waals surface area (Å²) in [6.07, 6.45) is 13.9. The minimum Gasteiger partial charge on any atom is -0.469 e. The Morgan fingerprint density at radius 2 is 2.00 bits per heavy atom. The average molecular weight is 252 g/mol. The highest BCUT2D eigenvalue weighted by molar-refractivity contribution is 5.72. The number of rotatable bonds is 8. The van der Waals surface area contributed by atoms with Crippen molar-refractivity contribution in [2.45, 2.75) is 64.2 Å². The molecule has 1 unspecified atom stereocenters. The smallest absolute Gasteiger partial charge is 0.308 e. The Morgan fingerprint density at radius 1 is 1.28 bits per heavy atom. The van der Waals surface area contributed by atoms with Crippen LogP contribution in [0.15, 0.2) is 12.7 Å². The van der Waals surface area contributed by atoms with Gasteiger partial charge in [0.15, 0.2) is 0 Å². The summed E-state index contributed by atoms with van der Waals surface area (Å²) in [6.45, 7) is 3.73. The molecule has 0 bridgehead atoms.